The van der Waals surface area contributed by atoms with Crippen molar-refractivity contribution in [3.05, 3.63) is 90.0 Å². The van der Waals surface area contributed by atoms with Crippen molar-refractivity contribution in [2.45, 2.75) is 31.7 Å². The minimum atomic E-state index is 0.0549. The standard InChI is InChI=1S/C24H27NO2/c1-18(25)22(15-13-19-9-5-3-6-10-19)20-14-16-23(24(17-20)26-2)27-21-11-7-4-8-12-21/h3-12,14,16-18,22H,13,15,25H2,1-2H3. The van der Waals surface area contributed by atoms with Crippen molar-refractivity contribution in [1.82, 2.24) is 0 Å². The molecular formula is C24H27NO2. The maximum Gasteiger partial charge on any atom is 0.169 e. The first-order valence-corrected chi connectivity index (χ1v) is 9.37. The highest BCUT2D eigenvalue weighted by molar-refractivity contribution is 5.46. The highest BCUT2D eigenvalue weighted by atomic mass is 16.5. The molecule has 2 N–H and O–H groups in total. The Kier molecular flexibility index (Phi) is 6.50. The summed E-state index contributed by atoms with van der Waals surface area (Å²) in [6, 6.07) is 26.4. The lowest BCUT2D eigenvalue weighted by Gasteiger charge is -2.22. The fourth-order valence-electron chi connectivity index (χ4n) is 3.31. The van der Waals surface area contributed by atoms with E-state index in [0.717, 1.165) is 24.3 Å². The van der Waals surface area contributed by atoms with Gasteiger partial charge in [0.2, 0.25) is 0 Å². The summed E-state index contributed by atoms with van der Waals surface area (Å²) in [4.78, 5) is 0. The summed E-state index contributed by atoms with van der Waals surface area (Å²) in [5.74, 6) is 2.47. The fourth-order valence-corrected chi connectivity index (χ4v) is 3.31. The van der Waals surface area contributed by atoms with E-state index in [0.29, 0.717) is 5.75 Å². The van der Waals surface area contributed by atoms with Crippen LogP contribution in [-0.2, 0) is 6.42 Å². The van der Waals surface area contributed by atoms with Gasteiger partial charge < -0.3 is 15.2 Å². The molecule has 0 spiro atoms. The zero-order chi connectivity index (χ0) is 19.1. The molecule has 2 atom stereocenters. The Morgan fingerprint density at radius 3 is 2.15 bits per heavy atom. The van der Waals surface area contributed by atoms with Crippen LogP contribution in [0.2, 0.25) is 0 Å². The molecule has 0 aliphatic heterocycles. The Labute approximate surface area is 161 Å². The molecule has 0 aromatic heterocycles. The number of benzene rings is 3. The second kappa shape index (κ2) is 9.24. The Morgan fingerprint density at radius 1 is 0.852 bits per heavy atom. The molecule has 3 aromatic carbocycles. The normalized spacial score (nSPS) is 13.0. The predicted molar refractivity (Wildman–Crippen MR) is 111 cm³/mol. The summed E-state index contributed by atoms with van der Waals surface area (Å²) in [6.45, 7) is 2.07. The summed E-state index contributed by atoms with van der Waals surface area (Å²) in [5.41, 5.74) is 8.83. The van der Waals surface area contributed by atoms with Gasteiger partial charge in [-0.05, 0) is 61.1 Å². The zero-order valence-corrected chi connectivity index (χ0v) is 16.0. The fraction of sp³-hybridized carbons (Fsp3) is 0.250. The molecule has 0 heterocycles. The van der Waals surface area contributed by atoms with Crippen LogP contribution in [0, 0.1) is 0 Å². The lowest BCUT2D eigenvalue weighted by molar-refractivity contribution is 0.377. The van der Waals surface area contributed by atoms with Crippen molar-refractivity contribution in [1.29, 1.82) is 0 Å². The Balaban J connectivity index is 1.78. The van der Waals surface area contributed by atoms with Crippen molar-refractivity contribution >= 4 is 0 Å². The molecule has 0 saturated carbocycles. The first-order chi connectivity index (χ1) is 13.2. The van der Waals surface area contributed by atoms with Gasteiger partial charge in [0.1, 0.15) is 5.75 Å². The average molecular weight is 361 g/mol. The molecule has 140 valence electrons. The first kappa shape index (κ1) is 19.0. The summed E-state index contributed by atoms with van der Waals surface area (Å²) < 4.78 is 11.6. The third-order valence-electron chi connectivity index (χ3n) is 4.81. The van der Waals surface area contributed by atoms with E-state index < -0.39 is 0 Å². The van der Waals surface area contributed by atoms with Gasteiger partial charge in [0, 0.05) is 6.04 Å². The lowest BCUT2D eigenvalue weighted by atomic mass is 9.87. The van der Waals surface area contributed by atoms with E-state index in [1.165, 1.54) is 11.1 Å². The molecule has 3 rings (SSSR count). The van der Waals surface area contributed by atoms with E-state index in [4.69, 9.17) is 15.2 Å². The molecule has 27 heavy (non-hydrogen) atoms. The first-order valence-electron chi connectivity index (χ1n) is 9.37. The van der Waals surface area contributed by atoms with Gasteiger partial charge >= 0.3 is 0 Å². The van der Waals surface area contributed by atoms with Gasteiger partial charge in [-0.3, -0.25) is 0 Å². The molecule has 0 aliphatic rings. The smallest absolute Gasteiger partial charge is 0.169 e. The number of hydrogen-bond donors (Lipinski definition) is 1. The second-order valence-corrected chi connectivity index (χ2v) is 6.82. The van der Waals surface area contributed by atoms with Crippen LogP contribution in [-0.4, -0.2) is 13.2 Å². The van der Waals surface area contributed by atoms with E-state index in [9.17, 15) is 0 Å². The van der Waals surface area contributed by atoms with E-state index >= 15 is 0 Å². The van der Waals surface area contributed by atoms with Crippen molar-refractivity contribution in [3.8, 4) is 17.2 Å². The highest BCUT2D eigenvalue weighted by Gasteiger charge is 2.18. The van der Waals surface area contributed by atoms with Gasteiger partial charge in [0.25, 0.3) is 0 Å². The van der Waals surface area contributed by atoms with E-state index in [-0.39, 0.29) is 12.0 Å². The maximum absolute atomic E-state index is 6.31. The van der Waals surface area contributed by atoms with Gasteiger partial charge in [-0.2, -0.15) is 0 Å². The van der Waals surface area contributed by atoms with Crippen LogP contribution in [0.4, 0.5) is 0 Å². The molecule has 2 unspecified atom stereocenters. The number of rotatable bonds is 8. The van der Waals surface area contributed by atoms with Crippen LogP contribution >= 0.6 is 0 Å². The SMILES string of the molecule is COc1cc(C(CCc2ccccc2)C(C)N)ccc1Oc1ccccc1. The number of para-hydroxylation sites is 1. The number of nitrogens with two attached hydrogens (primary N) is 1. The average Bonchev–Trinajstić information content (AvgIpc) is 2.70. The Bertz CT molecular complexity index is 832. The van der Waals surface area contributed by atoms with Crippen LogP contribution < -0.4 is 15.2 Å². The Morgan fingerprint density at radius 2 is 1.52 bits per heavy atom. The molecule has 0 radical (unpaired) electrons. The summed E-state index contributed by atoms with van der Waals surface area (Å²) in [7, 11) is 1.67. The van der Waals surface area contributed by atoms with Crippen molar-refractivity contribution < 1.29 is 9.47 Å². The molecule has 3 aromatic rings. The van der Waals surface area contributed by atoms with Crippen LogP contribution in [0.3, 0.4) is 0 Å². The second-order valence-electron chi connectivity index (χ2n) is 6.82. The predicted octanol–water partition coefficient (Wildman–Crippen LogP) is 5.55. The van der Waals surface area contributed by atoms with Crippen molar-refractivity contribution in [3.63, 3.8) is 0 Å². The topological polar surface area (TPSA) is 44.5 Å². The Hall–Kier alpha value is -2.78. The van der Waals surface area contributed by atoms with Crippen LogP contribution in [0.5, 0.6) is 17.2 Å². The van der Waals surface area contributed by atoms with Gasteiger partial charge in [-0.1, -0.05) is 54.6 Å². The third-order valence-corrected chi connectivity index (χ3v) is 4.81. The highest BCUT2D eigenvalue weighted by Crippen LogP contribution is 2.36. The molecular weight excluding hydrogens is 334 g/mol. The number of ether oxygens (including phenoxy) is 2. The molecule has 0 saturated heterocycles. The van der Waals surface area contributed by atoms with E-state index in [1.807, 2.05) is 42.5 Å². The minimum Gasteiger partial charge on any atom is -0.493 e. The van der Waals surface area contributed by atoms with Gasteiger partial charge in [0.15, 0.2) is 11.5 Å². The van der Waals surface area contributed by atoms with Crippen molar-refractivity contribution in [2.24, 2.45) is 5.73 Å². The number of methoxy groups -OCH3 is 1. The maximum atomic E-state index is 6.31. The van der Waals surface area contributed by atoms with Crippen LogP contribution in [0.25, 0.3) is 0 Å². The van der Waals surface area contributed by atoms with Crippen LogP contribution in [0.1, 0.15) is 30.4 Å². The van der Waals surface area contributed by atoms with Gasteiger partial charge in [-0.25, -0.2) is 0 Å². The minimum absolute atomic E-state index is 0.0549. The van der Waals surface area contributed by atoms with Crippen molar-refractivity contribution in [2.75, 3.05) is 7.11 Å². The third kappa shape index (κ3) is 5.11. The lowest BCUT2D eigenvalue weighted by Crippen LogP contribution is -2.25. The molecule has 0 aliphatic carbocycles. The summed E-state index contributed by atoms with van der Waals surface area (Å²) in [6.07, 6.45) is 1.99. The molecule has 0 fully saturated rings. The largest absolute Gasteiger partial charge is 0.493 e. The van der Waals surface area contributed by atoms with E-state index in [1.54, 1.807) is 7.11 Å². The zero-order valence-electron chi connectivity index (χ0n) is 16.0. The van der Waals surface area contributed by atoms with Crippen LogP contribution in [0.15, 0.2) is 78.9 Å². The van der Waals surface area contributed by atoms with Gasteiger partial charge in [-0.15, -0.1) is 0 Å². The number of aryl methyl sites for hydroxylation is 1. The molecule has 3 heteroatoms. The summed E-state index contributed by atoms with van der Waals surface area (Å²) in [5, 5.41) is 0. The van der Waals surface area contributed by atoms with E-state index in [2.05, 4.69) is 43.3 Å². The summed E-state index contributed by atoms with van der Waals surface area (Å²) >= 11 is 0. The van der Waals surface area contributed by atoms with Gasteiger partial charge in [0.05, 0.1) is 7.11 Å². The molecule has 3 nitrogen and oxygen atoms in total. The molecule has 0 bridgehead atoms. The quantitative estimate of drug-likeness (QED) is 0.572. The number of hydrogen-bond acceptors (Lipinski definition) is 3. The monoisotopic (exact) mass is 361 g/mol. The molecule has 0 amide bonds.